The van der Waals surface area contributed by atoms with Crippen LogP contribution in [0.1, 0.15) is 24.3 Å². The molecule has 0 saturated carbocycles. The quantitative estimate of drug-likeness (QED) is 0.284. The minimum absolute atomic E-state index is 0.112. The fourth-order valence-electron chi connectivity index (χ4n) is 2.29. The van der Waals surface area contributed by atoms with E-state index in [0.717, 1.165) is 4.57 Å². The summed E-state index contributed by atoms with van der Waals surface area (Å²) in [4.78, 5) is 26.0. The third kappa shape index (κ3) is 3.22. The van der Waals surface area contributed by atoms with Gasteiger partial charge in [0.15, 0.2) is 6.19 Å². The second-order valence-corrected chi connectivity index (χ2v) is 5.48. The van der Waals surface area contributed by atoms with E-state index in [1.807, 2.05) is 0 Å². The fraction of sp³-hybridized carbons (Fsp3) is 0.583. The average molecular weight is 375 g/mol. The van der Waals surface area contributed by atoms with Crippen molar-refractivity contribution in [2.24, 2.45) is 0 Å². The van der Waals surface area contributed by atoms with E-state index in [-0.39, 0.29) is 23.9 Å². The molecule has 10 heteroatoms. The van der Waals surface area contributed by atoms with E-state index >= 15 is 0 Å². The molecule has 120 valence electrons. The predicted molar refractivity (Wildman–Crippen MR) is 78.2 cm³/mol. The molecule has 9 nitrogen and oxygen atoms in total. The molecule has 0 aliphatic carbocycles. The Morgan fingerprint density at radius 2 is 2.36 bits per heavy atom. The molecule has 0 amide bonds. The minimum atomic E-state index is -0.901. The SMILES string of the molecule is N#CNC(CBr)c1cn([C@H]2C[C@H](O)[C@@H](CO)O2)c(=O)[nH]c1=O. The Balaban J connectivity index is 2.39. The van der Waals surface area contributed by atoms with Gasteiger partial charge in [-0.2, -0.15) is 5.26 Å². The van der Waals surface area contributed by atoms with Gasteiger partial charge in [-0.15, -0.1) is 0 Å². The van der Waals surface area contributed by atoms with Crippen molar-refractivity contribution in [1.29, 1.82) is 5.26 Å². The number of aromatic nitrogens is 2. The molecule has 4 atom stereocenters. The molecule has 22 heavy (non-hydrogen) atoms. The van der Waals surface area contributed by atoms with Crippen LogP contribution in [0.2, 0.25) is 0 Å². The van der Waals surface area contributed by atoms with Crippen molar-refractivity contribution in [1.82, 2.24) is 14.9 Å². The van der Waals surface area contributed by atoms with Crippen molar-refractivity contribution >= 4 is 15.9 Å². The topological polar surface area (TPSA) is 140 Å². The maximum absolute atomic E-state index is 11.9. The maximum Gasteiger partial charge on any atom is 0.330 e. The third-order valence-corrected chi connectivity index (χ3v) is 4.11. The number of hydrogen-bond acceptors (Lipinski definition) is 7. The van der Waals surface area contributed by atoms with E-state index in [9.17, 15) is 14.7 Å². The number of rotatable bonds is 5. The number of aliphatic hydroxyl groups excluding tert-OH is 2. The van der Waals surface area contributed by atoms with Crippen LogP contribution < -0.4 is 16.6 Å². The average Bonchev–Trinajstić information content (AvgIpc) is 2.86. The summed E-state index contributed by atoms with van der Waals surface area (Å²) in [6.07, 6.45) is 0.679. The fourth-order valence-corrected chi connectivity index (χ4v) is 2.80. The zero-order chi connectivity index (χ0) is 16.3. The molecule has 2 rings (SSSR count). The number of nitriles is 1. The Morgan fingerprint density at radius 3 is 2.91 bits per heavy atom. The zero-order valence-electron chi connectivity index (χ0n) is 11.4. The molecule has 1 unspecified atom stereocenters. The number of hydrogen-bond donors (Lipinski definition) is 4. The number of aromatic amines is 1. The van der Waals surface area contributed by atoms with E-state index in [2.05, 4.69) is 26.2 Å². The highest BCUT2D eigenvalue weighted by molar-refractivity contribution is 9.09. The van der Waals surface area contributed by atoms with Crippen molar-refractivity contribution in [2.75, 3.05) is 11.9 Å². The molecule has 0 bridgehead atoms. The number of aliphatic hydroxyl groups is 2. The first kappa shape index (κ1) is 16.7. The lowest BCUT2D eigenvalue weighted by atomic mass is 10.1. The molecule has 1 aromatic rings. The van der Waals surface area contributed by atoms with Gasteiger partial charge in [0.2, 0.25) is 0 Å². The monoisotopic (exact) mass is 374 g/mol. The first-order chi connectivity index (χ1) is 10.5. The van der Waals surface area contributed by atoms with Gasteiger partial charge in [-0.3, -0.25) is 14.3 Å². The Labute approximate surface area is 133 Å². The van der Waals surface area contributed by atoms with E-state index in [1.165, 1.54) is 6.20 Å². The largest absolute Gasteiger partial charge is 0.394 e. The number of ether oxygens (including phenoxy) is 1. The van der Waals surface area contributed by atoms with Gasteiger partial charge in [0.1, 0.15) is 12.3 Å². The van der Waals surface area contributed by atoms with Gasteiger partial charge in [0.25, 0.3) is 5.56 Å². The van der Waals surface area contributed by atoms with Crippen LogP contribution in [-0.4, -0.2) is 43.9 Å². The van der Waals surface area contributed by atoms with E-state index in [1.54, 1.807) is 6.19 Å². The summed E-state index contributed by atoms with van der Waals surface area (Å²) in [5, 5.41) is 30.3. The Kier molecular flexibility index (Phi) is 5.36. The van der Waals surface area contributed by atoms with Gasteiger partial charge in [0.05, 0.1) is 24.3 Å². The first-order valence-electron chi connectivity index (χ1n) is 6.52. The molecule has 1 saturated heterocycles. The summed E-state index contributed by atoms with van der Waals surface area (Å²) >= 11 is 3.19. The zero-order valence-corrected chi connectivity index (χ0v) is 13.0. The summed E-state index contributed by atoms with van der Waals surface area (Å²) in [5.41, 5.74) is -1.11. The summed E-state index contributed by atoms with van der Waals surface area (Å²) in [5.74, 6) is 0. The lowest BCUT2D eigenvalue weighted by Gasteiger charge is -2.17. The van der Waals surface area contributed by atoms with Gasteiger partial charge in [-0.05, 0) is 0 Å². The van der Waals surface area contributed by atoms with Crippen molar-refractivity contribution in [2.45, 2.75) is 30.9 Å². The molecule has 0 radical (unpaired) electrons. The Hall–Kier alpha value is -1.67. The van der Waals surface area contributed by atoms with Gasteiger partial charge in [0, 0.05) is 17.9 Å². The van der Waals surface area contributed by atoms with Crippen LogP contribution >= 0.6 is 15.9 Å². The molecule has 1 aliphatic rings. The molecule has 0 aromatic carbocycles. The second-order valence-electron chi connectivity index (χ2n) is 4.83. The van der Waals surface area contributed by atoms with Gasteiger partial charge >= 0.3 is 5.69 Å². The van der Waals surface area contributed by atoms with Crippen LogP contribution in [0.15, 0.2) is 15.8 Å². The van der Waals surface area contributed by atoms with Crippen LogP contribution in [0.25, 0.3) is 0 Å². The van der Waals surface area contributed by atoms with E-state index in [0.29, 0.717) is 0 Å². The van der Waals surface area contributed by atoms with Crippen LogP contribution in [0.4, 0.5) is 0 Å². The summed E-state index contributed by atoms with van der Waals surface area (Å²) in [7, 11) is 0. The van der Waals surface area contributed by atoms with Crippen molar-refractivity contribution in [3.05, 3.63) is 32.6 Å². The maximum atomic E-state index is 11.9. The highest BCUT2D eigenvalue weighted by atomic mass is 79.9. The Bertz CT molecular complexity index is 681. The second kappa shape index (κ2) is 7.06. The van der Waals surface area contributed by atoms with Crippen molar-refractivity contribution in [3.8, 4) is 6.19 Å². The van der Waals surface area contributed by atoms with E-state index < -0.39 is 35.7 Å². The molecule has 1 aromatic heterocycles. The molecule has 4 N–H and O–H groups in total. The third-order valence-electron chi connectivity index (χ3n) is 3.46. The molecular weight excluding hydrogens is 360 g/mol. The number of halogens is 1. The molecule has 2 heterocycles. The number of alkyl halides is 1. The molecular formula is C12H15BrN4O5. The summed E-state index contributed by atoms with van der Waals surface area (Å²) in [6.45, 7) is -0.372. The smallest absolute Gasteiger partial charge is 0.330 e. The summed E-state index contributed by atoms with van der Waals surface area (Å²) < 4.78 is 6.54. The number of H-pyrrole nitrogens is 1. The van der Waals surface area contributed by atoms with Crippen LogP contribution in [0.5, 0.6) is 0 Å². The van der Waals surface area contributed by atoms with E-state index in [4.69, 9.17) is 15.1 Å². The van der Waals surface area contributed by atoms with Crippen LogP contribution in [0, 0.1) is 11.5 Å². The lowest BCUT2D eigenvalue weighted by molar-refractivity contribution is -0.0460. The van der Waals surface area contributed by atoms with Crippen LogP contribution in [0.3, 0.4) is 0 Å². The molecule has 0 spiro atoms. The van der Waals surface area contributed by atoms with Crippen LogP contribution in [-0.2, 0) is 4.74 Å². The highest BCUT2D eigenvalue weighted by Crippen LogP contribution is 2.27. The van der Waals surface area contributed by atoms with Crippen molar-refractivity contribution in [3.63, 3.8) is 0 Å². The standard InChI is InChI=1S/C12H15BrN4O5/c13-2-7(15-5-14)6-3-17(12(21)16-11(6)20)10-1-8(19)9(4-18)22-10/h3,7-10,15,18-19H,1-2,4H2,(H,16,20,21)/t7?,8-,9+,10+/m0/s1. The van der Waals surface area contributed by atoms with Gasteiger partial charge < -0.3 is 20.3 Å². The summed E-state index contributed by atoms with van der Waals surface area (Å²) in [6, 6.07) is -0.611. The number of nitrogens with zero attached hydrogens (tertiary/aromatic N) is 2. The molecule has 1 fully saturated rings. The van der Waals surface area contributed by atoms with Gasteiger partial charge in [-0.1, -0.05) is 15.9 Å². The molecule has 1 aliphatic heterocycles. The van der Waals surface area contributed by atoms with Crippen molar-refractivity contribution < 1.29 is 14.9 Å². The van der Waals surface area contributed by atoms with Gasteiger partial charge in [-0.25, -0.2) is 4.79 Å². The highest BCUT2D eigenvalue weighted by Gasteiger charge is 2.35. The Morgan fingerprint density at radius 1 is 1.64 bits per heavy atom. The number of nitrogens with one attached hydrogen (secondary N) is 2. The predicted octanol–water partition coefficient (Wildman–Crippen LogP) is -1.32. The normalized spacial score (nSPS) is 25.6. The first-order valence-corrected chi connectivity index (χ1v) is 7.64. The lowest BCUT2D eigenvalue weighted by Crippen LogP contribution is -2.37. The minimum Gasteiger partial charge on any atom is -0.394 e.